The van der Waals surface area contributed by atoms with Crippen LogP contribution in [-0.4, -0.2) is 11.1 Å². The van der Waals surface area contributed by atoms with Gasteiger partial charge in [0, 0.05) is 22.4 Å². The van der Waals surface area contributed by atoms with Crippen molar-refractivity contribution in [3.05, 3.63) is 34.5 Å². The topological polar surface area (TPSA) is 50.4 Å². The third-order valence-electron chi connectivity index (χ3n) is 3.36. The lowest BCUT2D eigenvalue weighted by Gasteiger charge is -2.16. The highest BCUT2D eigenvalue weighted by Gasteiger charge is 2.28. The van der Waals surface area contributed by atoms with Crippen LogP contribution in [0.15, 0.2) is 22.6 Å². The predicted molar refractivity (Wildman–Crippen MR) is 64.4 cm³/mol. The van der Waals surface area contributed by atoms with Gasteiger partial charge in [-0.1, -0.05) is 11.6 Å². The number of fused-ring (bicyclic) bond motifs is 3. The van der Waals surface area contributed by atoms with Gasteiger partial charge in [0.15, 0.2) is 0 Å². The van der Waals surface area contributed by atoms with Crippen molar-refractivity contribution in [2.24, 2.45) is 5.92 Å². The molecule has 1 aromatic heterocycles. The molecule has 0 amide bonds. The molecule has 1 heterocycles. The lowest BCUT2D eigenvalue weighted by molar-refractivity contribution is -0.142. The highest BCUT2D eigenvalue weighted by atomic mass is 35.5. The fourth-order valence-electron chi connectivity index (χ4n) is 2.47. The van der Waals surface area contributed by atoms with Crippen LogP contribution in [-0.2, 0) is 17.6 Å². The maximum Gasteiger partial charge on any atom is 0.306 e. The van der Waals surface area contributed by atoms with Crippen molar-refractivity contribution in [1.29, 1.82) is 0 Å². The van der Waals surface area contributed by atoms with Crippen molar-refractivity contribution in [3.8, 4) is 0 Å². The van der Waals surface area contributed by atoms with Crippen molar-refractivity contribution in [3.63, 3.8) is 0 Å². The standard InChI is InChI=1S/C13H11ClO3/c14-8-2-4-11-10(6-8)9-3-1-7(13(15)16)5-12(9)17-11/h2,4,6-7H,1,3,5H2,(H,15,16). The number of carboxylic acid groups (broad SMARTS) is 1. The number of carbonyl (C=O) groups is 1. The number of furan rings is 1. The summed E-state index contributed by atoms with van der Waals surface area (Å²) in [7, 11) is 0. The maximum absolute atomic E-state index is 11.0. The Kier molecular flexibility index (Phi) is 2.37. The van der Waals surface area contributed by atoms with Crippen LogP contribution in [0.25, 0.3) is 11.0 Å². The lowest BCUT2D eigenvalue weighted by Crippen LogP contribution is -2.21. The average Bonchev–Trinajstić information content (AvgIpc) is 2.66. The van der Waals surface area contributed by atoms with Crippen LogP contribution >= 0.6 is 11.6 Å². The summed E-state index contributed by atoms with van der Waals surface area (Å²) in [4.78, 5) is 11.0. The number of aryl methyl sites for hydroxylation is 1. The second-order valence-electron chi connectivity index (χ2n) is 4.42. The zero-order valence-electron chi connectivity index (χ0n) is 9.07. The van der Waals surface area contributed by atoms with Gasteiger partial charge in [-0.25, -0.2) is 0 Å². The van der Waals surface area contributed by atoms with E-state index < -0.39 is 5.97 Å². The number of hydrogen-bond acceptors (Lipinski definition) is 2. The van der Waals surface area contributed by atoms with Crippen molar-refractivity contribution in [2.45, 2.75) is 19.3 Å². The second kappa shape index (κ2) is 3.77. The van der Waals surface area contributed by atoms with Crippen LogP contribution in [0.2, 0.25) is 5.02 Å². The Morgan fingerprint density at radius 3 is 3.06 bits per heavy atom. The Hall–Kier alpha value is -1.48. The Morgan fingerprint density at radius 2 is 2.29 bits per heavy atom. The summed E-state index contributed by atoms with van der Waals surface area (Å²) in [5.41, 5.74) is 1.92. The lowest BCUT2D eigenvalue weighted by atomic mass is 9.87. The first kappa shape index (κ1) is 10.7. The van der Waals surface area contributed by atoms with E-state index in [-0.39, 0.29) is 5.92 Å². The first-order valence-corrected chi connectivity index (χ1v) is 5.95. The molecule has 1 atom stereocenters. The first-order valence-electron chi connectivity index (χ1n) is 5.58. The number of halogens is 1. The maximum atomic E-state index is 11.0. The molecule has 0 spiro atoms. The fraction of sp³-hybridized carbons (Fsp3) is 0.308. The quantitative estimate of drug-likeness (QED) is 0.845. The average molecular weight is 251 g/mol. The molecule has 0 bridgehead atoms. The van der Waals surface area contributed by atoms with E-state index in [9.17, 15) is 4.79 Å². The van der Waals surface area contributed by atoms with Crippen LogP contribution in [0.3, 0.4) is 0 Å². The third-order valence-corrected chi connectivity index (χ3v) is 3.60. The minimum atomic E-state index is -0.742. The minimum absolute atomic E-state index is 0.321. The second-order valence-corrected chi connectivity index (χ2v) is 4.86. The van der Waals surface area contributed by atoms with Gasteiger partial charge in [-0.15, -0.1) is 0 Å². The molecule has 4 heteroatoms. The van der Waals surface area contributed by atoms with Crippen LogP contribution < -0.4 is 0 Å². The summed E-state index contributed by atoms with van der Waals surface area (Å²) >= 11 is 5.96. The monoisotopic (exact) mass is 250 g/mol. The smallest absolute Gasteiger partial charge is 0.306 e. The molecule has 1 aliphatic rings. The van der Waals surface area contributed by atoms with Crippen molar-refractivity contribution in [1.82, 2.24) is 0 Å². The van der Waals surface area contributed by atoms with E-state index in [2.05, 4.69) is 0 Å². The zero-order chi connectivity index (χ0) is 12.0. The van der Waals surface area contributed by atoms with E-state index in [1.807, 2.05) is 12.1 Å². The van der Waals surface area contributed by atoms with Gasteiger partial charge in [0.1, 0.15) is 11.3 Å². The summed E-state index contributed by atoms with van der Waals surface area (Å²) in [6.07, 6.45) is 1.90. The van der Waals surface area contributed by atoms with Gasteiger partial charge in [0.2, 0.25) is 0 Å². The van der Waals surface area contributed by atoms with Gasteiger partial charge in [0.05, 0.1) is 5.92 Å². The number of rotatable bonds is 1. The summed E-state index contributed by atoms with van der Waals surface area (Å²) in [5, 5.41) is 10.7. The van der Waals surface area contributed by atoms with Crippen molar-refractivity contribution < 1.29 is 14.3 Å². The molecule has 1 aromatic carbocycles. The third kappa shape index (κ3) is 1.71. The molecular formula is C13H11ClO3. The van der Waals surface area contributed by atoms with E-state index >= 15 is 0 Å². The summed E-state index contributed by atoms with van der Waals surface area (Å²) < 4.78 is 5.70. The van der Waals surface area contributed by atoms with Gasteiger partial charge in [-0.2, -0.15) is 0 Å². The van der Waals surface area contributed by atoms with Gasteiger partial charge < -0.3 is 9.52 Å². The minimum Gasteiger partial charge on any atom is -0.481 e. The molecule has 0 saturated heterocycles. The van der Waals surface area contributed by atoms with Gasteiger partial charge in [0.25, 0.3) is 0 Å². The molecule has 1 unspecified atom stereocenters. The predicted octanol–water partition coefficient (Wildman–Crippen LogP) is 3.28. The van der Waals surface area contributed by atoms with Gasteiger partial charge in [-0.05, 0) is 31.0 Å². The van der Waals surface area contributed by atoms with Gasteiger partial charge in [-0.3, -0.25) is 4.79 Å². The van der Waals surface area contributed by atoms with E-state index in [1.165, 1.54) is 0 Å². The van der Waals surface area contributed by atoms with E-state index in [0.29, 0.717) is 17.9 Å². The highest BCUT2D eigenvalue weighted by molar-refractivity contribution is 6.31. The molecule has 17 heavy (non-hydrogen) atoms. The molecule has 0 saturated carbocycles. The number of carboxylic acids is 1. The van der Waals surface area contributed by atoms with E-state index in [4.69, 9.17) is 21.1 Å². The molecule has 1 aliphatic carbocycles. The Morgan fingerprint density at radius 1 is 1.47 bits per heavy atom. The Labute approximate surface area is 103 Å². The molecule has 2 aromatic rings. The number of hydrogen-bond donors (Lipinski definition) is 1. The summed E-state index contributed by atoms with van der Waals surface area (Å²) in [5.74, 6) is -0.256. The zero-order valence-corrected chi connectivity index (χ0v) is 9.83. The van der Waals surface area contributed by atoms with E-state index in [1.54, 1.807) is 6.07 Å². The number of benzene rings is 1. The summed E-state index contributed by atoms with van der Waals surface area (Å²) in [6.45, 7) is 0. The van der Waals surface area contributed by atoms with Crippen molar-refractivity contribution >= 4 is 28.5 Å². The molecule has 0 fully saturated rings. The van der Waals surface area contributed by atoms with Crippen LogP contribution in [0.1, 0.15) is 17.7 Å². The van der Waals surface area contributed by atoms with Crippen molar-refractivity contribution in [2.75, 3.05) is 0 Å². The SMILES string of the molecule is O=C(O)C1CCc2c(oc3ccc(Cl)cc23)C1. The summed E-state index contributed by atoms with van der Waals surface area (Å²) in [6, 6.07) is 5.51. The normalized spacial score (nSPS) is 19.2. The van der Waals surface area contributed by atoms with E-state index in [0.717, 1.165) is 28.7 Å². The van der Waals surface area contributed by atoms with Gasteiger partial charge >= 0.3 is 5.97 Å². The number of aliphatic carboxylic acids is 1. The Bertz CT molecular complexity index is 600. The highest BCUT2D eigenvalue weighted by Crippen LogP contribution is 2.35. The molecule has 0 aliphatic heterocycles. The molecule has 0 radical (unpaired) electrons. The van der Waals surface area contributed by atoms with Crippen LogP contribution in [0, 0.1) is 5.92 Å². The largest absolute Gasteiger partial charge is 0.481 e. The van der Waals surface area contributed by atoms with Crippen LogP contribution in [0.4, 0.5) is 0 Å². The molecule has 3 nitrogen and oxygen atoms in total. The Balaban J connectivity index is 2.10. The van der Waals surface area contributed by atoms with Crippen LogP contribution in [0.5, 0.6) is 0 Å². The fourth-order valence-corrected chi connectivity index (χ4v) is 2.64. The first-order chi connectivity index (χ1) is 8.15. The molecule has 88 valence electrons. The molecule has 3 rings (SSSR count). The molecular weight excluding hydrogens is 240 g/mol. The molecule has 1 N–H and O–H groups in total.